The molecule has 92 valence electrons. The minimum Gasteiger partial charge on any atom is -0.325 e. The lowest BCUT2D eigenvalue weighted by molar-refractivity contribution is 0.624. The molecule has 3 rings (SSSR count). The van der Waals surface area contributed by atoms with Crippen LogP contribution in [0.25, 0.3) is 11.0 Å². The Morgan fingerprint density at radius 1 is 1.50 bits per heavy atom. The largest absolute Gasteiger partial charge is 0.325 e. The summed E-state index contributed by atoms with van der Waals surface area (Å²) in [5.74, 6) is 3.51. The molecule has 2 nitrogen and oxygen atoms in total. The Kier molecular flexibility index (Phi) is 3.24. The first-order valence-corrected chi connectivity index (χ1v) is 9.03. The van der Waals surface area contributed by atoms with Gasteiger partial charge in [0.05, 0.1) is 16.6 Å². The van der Waals surface area contributed by atoms with Gasteiger partial charge in [-0.25, -0.2) is 9.37 Å². The Hall–Kier alpha value is -0.740. The monoisotopic (exact) mass is 372 g/mol. The van der Waals surface area contributed by atoms with Crippen molar-refractivity contribution in [3.05, 3.63) is 29.3 Å². The second-order valence-electron chi connectivity index (χ2n) is 4.39. The van der Waals surface area contributed by atoms with E-state index in [9.17, 15) is 4.39 Å². The fourth-order valence-corrected chi connectivity index (χ4v) is 2.68. The number of imidazole rings is 1. The van der Waals surface area contributed by atoms with Crippen LogP contribution in [0.5, 0.6) is 0 Å². The lowest BCUT2D eigenvalue weighted by atomic mass is 10.2. The number of aromatic nitrogens is 2. The third kappa shape index (κ3) is 2.12. The number of aryl methyl sites for hydroxylation is 1. The topological polar surface area (TPSA) is 17.8 Å². The molecule has 1 saturated carbocycles. The van der Waals surface area contributed by atoms with Gasteiger partial charge in [0.25, 0.3) is 0 Å². The molecule has 1 heterocycles. The average molecular weight is 372 g/mol. The van der Waals surface area contributed by atoms with Crippen LogP contribution in [0.15, 0.2) is 12.1 Å². The van der Waals surface area contributed by atoms with Crippen LogP contribution >= 0.6 is 30.1 Å². The van der Waals surface area contributed by atoms with E-state index >= 15 is 0 Å². The molecule has 0 N–H and O–H groups in total. The molecule has 18 heavy (non-hydrogen) atoms. The lowest BCUT2D eigenvalue weighted by Gasteiger charge is -2.04. The normalized spacial score (nSPS) is 14.6. The molecule has 1 aliphatic rings. The Bertz CT molecular complexity index is 680. The molecule has 0 atom stereocenters. The number of rotatable bonds is 1. The third-order valence-electron chi connectivity index (χ3n) is 3.09. The molecule has 1 aromatic heterocycles. The number of nitrogens with zero attached hydrogens (tertiary/aromatic N) is 2. The molecule has 0 bridgehead atoms. The molecule has 0 amide bonds. The van der Waals surface area contributed by atoms with Crippen molar-refractivity contribution in [2.45, 2.75) is 25.8 Å². The van der Waals surface area contributed by atoms with Crippen LogP contribution in [-0.4, -0.2) is 9.55 Å². The summed E-state index contributed by atoms with van der Waals surface area (Å²) >= 11 is 2.07. The van der Waals surface area contributed by atoms with E-state index in [1.807, 2.05) is 6.92 Å². The molecule has 0 spiro atoms. The first kappa shape index (κ1) is 12.3. The highest BCUT2D eigenvalue weighted by Gasteiger charge is 2.27. The van der Waals surface area contributed by atoms with Gasteiger partial charge in [-0.05, 0) is 40.0 Å². The molecule has 0 aliphatic heterocycles. The summed E-state index contributed by atoms with van der Waals surface area (Å²) in [7, 11) is 1.35. The number of hydrogen-bond acceptors (Lipinski definition) is 2. The zero-order valence-electron chi connectivity index (χ0n) is 9.70. The van der Waals surface area contributed by atoms with E-state index < -0.39 is 0 Å². The maximum Gasteiger partial charge on any atom is 0.141 e. The molecule has 0 radical (unpaired) electrons. The molecule has 1 aliphatic carbocycles. The number of halogens is 2. The fraction of sp³-hybridized carbons (Fsp3) is 0.308. The van der Waals surface area contributed by atoms with Gasteiger partial charge < -0.3 is 4.57 Å². The van der Waals surface area contributed by atoms with Crippen molar-refractivity contribution in [1.29, 1.82) is 0 Å². The number of benzene rings is 1. The molecule has 0 unspecified atom stereocenters. The lowest BCUT2D eigenvalue weighted by Crippen LogP contribution is -1.96. The molecule has 5 heteroatoms. The summed E-state index contributed by atoms with van der Waals surface area (Å²) in [4.78, 5) is 4.50. The van der Waals surface area contributed by atoms with Crippen molar-refractivity contribution in [2.24, 2.45) is 0 Å². The molecule has 1 fully saturated rings. The predicted molar refractivity (Wildman–Crippen MR) is 81.2 cm³/mol. The molecular weight excluding hydrogens is 362 g/mol. The van der Waals surface area contributed by atoms with Gasteiger partial charge in [-0.2, -0.15) is 0 Å². The Morgan fingerprint density at radius 3 is 2.94 bits per heavy atom. The highest BCUT2D eigenvalue weighted by molar-refractivity contribution is 14.2. The van der Waals surface area contributed by atoms with E-state index in [1.165, 1.54) is 21.8 Å². The standard InChI is InChI=1S/C13H10FIN2S/c1-8-16-12-6-9(4-5-18-15)11(14)7-13(12)17(8)10-2-3-10/h6-7,10H,2-3H2,1H3. The van der Waals surface area contributed by atoms with E-state index in [2.05, 4.69) is 41.9 Å². The van der Waals surface area contributed by atoms with Crippen LogP contribution in [0.2, 0.25) is 0 Å². The van der Waals surface area contributed by atoms with Crippen molar-refractivity contribution in [3.8, 4) is 11.2 Å². The maximum absolute atomic E-state index is 14.0. The second kappa shape index (κ2) is 4.74. The van der Waals surface area contributed by atoms with Crippen molar-refractivity contribution in [3.63, 3.8) is 0 Å². The van der Waals surface area contributed by atoms with Gasteiger partial charge in [0.15, 0.2) is 0 Å². The summed E-state index contributed by atoms with van der Waals surface area (Å²) in [6.45, 7) is 1.97. The quantitative estimate of drug-likeness (QED) is 0.551. The summed E-state index contributed by atoms with van der Waals surface area (Å²) < 4.78 is 16.1. The van der Waals surface area contributed by atoms with E-state index in [0.717, 1.165) is 16.9 Å². The van der Waals surface area contributed by atoms with Gasteiger partial charge in [0.2, 0.25) is 0 Å². The van der Waals surface area contributed by atoms with E-state index in [4.69, 9.17) is 0 Å². The second-order valence-corrected chi connectivity index (χ2v) is 6.06. The fourth-order valence-electron chi connectivity index (χ4n) is 2.20. The van der Waals surface area contributed by atoms with Crippen molar-refractivity contribution in [2.75, 3.05) is 0 Å². The SMILES string of the molecule is Cc1nc2cc(C#CSI)c(F)cc2n1C1CC1. The van der Waals surface area contributed by atoms with Crippen LogP contribution in [-0.2, 0) is 0 Å². The van der Waals surface area contributed by atoms with Gasteiger partial charge in [-0.3, -0.25) is 0 Å². The third-order valence-corrected chi connectivity index (χ3v) is 3.93. The molecule has 1 aromatic carbocycles. The Labute approximate surface area is 121 Å². The Balaban J connectivity index is 2.19. The summed E-state index contributed by atoms with van der Waals surface area (Å²) in [6.07, 6.45) is 2.34. The van der Waals surface area contributed by atoms with Gasteiger partial charge in [0.1, 0.15) is 11.6 Å². The minimum absolute atomic E-state index is 0.262. The van der Waals surface area contributed by atoms with E-state index in [1.54, 1.807) is 12.1 Å². The highest BCUT2D eigenvalue weighted by Crippen LogP contribution is 2.38. The highest BCUT2D eigenvalue weighted by atomic mass is 127. The van der Waals surface area contributed by atoms with Gasteiger partial charge in [-0.15, -0.1) is 0 Å². The summed E-state index contributed by atoms with van der Waals surface area (Å²) in [5.41, 5.74) is 2.15. The van der Waals surface area contributed by atoms with Crippen LogP contribution in [0, 0.1) is 23.9 Å². The summed E-state index contributed by atoms with van der Waals surface area (Å²) in [6, 6.07) is 3.82. The average Bonchev–Trinajstić information content (AvgIpc) is 3.11. The van der Waals surface area contributed by atoms with E-state index in [0.29, 0.717) is 11.6 Å². The zero-order chi connectivity index (χ0) is 12.7. The molecule has 2 aromatic rings. The molecule has 0 saturated heterocycles. The predicted octanol–water partition coefficient (Wildman–Crippen LogP) is 4.21. The first-order valence-electron chi connectivity index (χ1n) is 5.67. The van der Waals surface area contributed by atoms with Crippen molar-refractivity contribution < 1.29 is 4.39 Å². The van der Waals surface area contributed by atoms with Crippen LogP contribution in [0.4, 0.5) is 4.39 Å². The Morgan fingerprint density at radius 2 is 2.28 bits per heavy atom. The van der Waals surface area contributed by atoms with Crippen LogP contribution in [0.1, 0.15) is 30.3 Å². The van der Waals surface area contributed by atoms with Gasteiger partial charge in [-0.1, -0.05) is 5.92 Å². The van der Waals surface area contributed by atoms with Crippen LogP contribution in [0.3, 0.4) is 0 Å². The molecular formula is C13H10FIN2S. The number of hydrogen-bond donors (Lipinski definition) is 0. The zero-order valence-corrected chi connectivity index (χ0v) is 12.7. The van der Waals surface area contributed by atoms with Gasteiger partial charge >= 0.3 is 0 Å². The van der Waals surface area contributed by atoms with Crippen molar-refractivity contribution >= 4 is 41.2 Å². The minimum atomic E-state index is -0.262. The summed E-state index contributed by atoms with van der Waals surface area (Å²) in [5, 5.41) is 2.81. The number of fused-ring (bicyclic) bond motifs is 1. The maximum atomic E-state index is 14.0. The van der Waals surface area contributed by atoms with Crippen LogP contribution < -0.4 is 0 Å². The first-order chi connectivity index (χ1) is 8.70. The van der Waals surface area contributed by atoms with Gasteiger partial charge in [0, 0.05) is 33.3 Å². The van der Waals surface area contributed by atoms with Crippen molar-refractivity contribution in [1.82, 2.24) is 9.55 Å². The smallest absolute Gasteiger partial charge is 0.141 e. The van der Waals surface area contributed by atoms with E-state index in [-0.39, 0.29) is 5.82 Å².